The number of nitrogens with zero attached hydrogens (tertiary/aromatic N) is 2. The normalized spacial score (nSPS) is 9.31. The molecule has 0 atom stereocenters. The Labute approximate surface area is 81.0 Å². The zero-order chi connectivity index (χ0) is 9.84. The summed E-state index contributed by atoms with van der Waals surface area (Å²) in [6.07, 6.45) is 0. The molecule has 0 bridgehead atoms. The first-order chi connectivity index (χ1) is 6.17. The van der Waals surface area contributed by atoms with Gasteiger partial charge in [-0.2, -0.15) is 5.26 Å². The summed E-state index contributed by atoms with van der Waals surface area (Å²) >= 11 is 5.58. The molecule has 4 heteroatoms. The number of aromatic nitrogens is 1. The van der Waals surface area contributed by atoms with E-state index in [0.717, 1.165) is 5.56 Å². The molecule has 66 valence electrons. The number of hydrogen-bond acceptors (Lipinski definition) is 3. The number of carbonyl (C=O) groups excluding carboxylic acids is 1. The van der Waals surface area contributed by atoms with Crippen LogP contribution < -0.4 is 0 Å². The fourth-order valence-corrected chi connectivity index (χ4v) is 1.06. The van der Waals surface area contributed by atoms with Gasteiger partial charge in [-0.25, -0.2) is 4.98 Å². The molecule has 0 saturated carbocycles. The van der Waals surface area contributed by atoms with Crippen molar-refractivity contribution >= 4 is 17.4 Å². The van der Waals surface area contributed by atoms with E-state index in [1.165, 1.54) is 6.92 Å². The molecule has 0 amide bonds. The number of rotatable bonds is 2. The zero-order valence-corrected chi connectivity index (χ0v) is 7.80. The molecule has 0 aliphatic rings. The van der Waals surface area contributed by atoms with Gasteiger partial charge in [-0.3, -0.25) is 4.79 Å². The minimum atomic E-state index is -0.163. The summed E-state index contributed by atoms with van der Waals surface area (Å²) < 4.78 is 0. The maximum Gasteiger partial charge on any atom is 0.178 e. The van der Waals surface area contributed by atoms with Crippen molar-refractivity contribution in [1.82, 2.24) is 4.98 Å². The molecule has 0 fully saturated rings. The highest BCUT2D eigenvalue weighted by Crippen LogP contribution is 2.08. The molecular formula is C9H7ClN2O. The SMILES string of the molecule is CC(=O)c1cc(CCl)cc(C#N)n1. The van der Waals surface area contributed by atoms with Crippen molar-refractivity contribution in [1.29, 1.82) is 5.26 Å². The van der Waals surface area contributed by atoms with E-state index in [9.17, 15) is 4.79 Å². The van der Waals surface area contributed by atoms with Crippen LogP contribution in [0.4, 0.5) is 0 Å². The Bertz CT molecular complexity index is 382. The third-order valence-electron chi connectivity index (χ3n) is 1.51. The highest BCUT2D eigenvalue weighted by atomic mass is 35.5. The second-order valence-electron chi connectivity index (χ2n) is 2.55. The predicted molar refractivity (Wildman–Crippen MR) is 48.5 cm³/mol. The van der Waals surface area contributed by atoms with Gasteiger partial charge in [-0.1, -0.05) is 0 Å². The lowest BCUT2D eigenvalue weighted by Gasteiger charge is -1.99. The van der Waals surface area contributed by atoms with Crippen LogP contribution in [0.2, 0.25) is 0 Å². The Hall–Kier alpha value is -1.40. The van der Waals surface area contributed by atoms with Crippen LogP contribution in [0.3, 0.4) is 0 Å². The Kier molecular flexibility index (Phi) is 2.99. The van der Waals surface area contributed by atoms with Gasteiger partial charge in [0.25, 0.3) is 0 Å². The van der Waals surface area contributed by atoms with Gasteiger partial charge in [0, 0.05) is 12.8 Å². The number of Topliss-reactive ketones (excluding diaryl/α,β-unsaturated/α-hetero) is 1. The highest BCUT2D eigenvalue weighted by Gasteiger charge is 2.05. The molecule has 0 spiro atoms. The topological polar surface area (TPSA) is 53.8 Å². The van der Waals surface area contributed by atoms with E-state index in [1.807, 2.05) is 6.07 Å². The first-order valence-electron chi connectivity index (χ1n) is 3.65. The summed E-state index contributed by atoms with van der Waals surface area (Å²) in [5.74, 6) is 0.112. The largest absolute Gasteiger partial charge is 0.293 e. The van der Waals surface area contributed by atoms with E-state index in [-0.39, 0.29) is 23.1 Å². The van der Waals surface area contributed by atoms with Crippen LogP contribution in [0.25, 0.3) is 0 Å². The molecule has 0 aliphatic heterocycles. The van der Waals surface area contributed by atoms with Crippen molar-refractivity contribution in [2.24, 2.45) is 0 Å². The van der Waals surface area contributed by atoms with Crippen molar-refractivity contribution in [3.8, 4) is 6.07 Å². The molecule has 0 unspecified atom stereocenters. The van der Waals surface area contributed by atoms with Gasteiger partial charge in [0.05, 0.1) is 0 Å². The van der Waals surface area contributed by atoms with Gasteiger partial charge in [-0.05, 0) is 17.7 Å². The summed E-state index contributed by atoms with van der Waals surface area (Å²) in [7, 11) is 0. The Morgan fingerprint density at radius 1 is 1.69 bits per heavy atom. The van der Waals surface area contributed by atoms with Gasteiger partial charge in [-0.15, -0.1) is 11.6 Å². The fraction of sp³-hybridized carbons (Fsp3) is 0.222. The third kappa shape index (κ3) is 2.27. The first kappa shape index (κ1) is 9.69. The van der Waals surface area contributed by atoms with Crippen LogP contribution in [-0.2, 0) is 5.88 Å². The summed E-state index contributed by atoms with van der Waals surface area (Å²) in [5.41, 5.74) is 1.25. The maximum atomic E-state index is 11.0. The smallest absolute Gasteiger partial charge is 0.178 e. The van der Waals surface area contributed by atoms with E-state index in [1.54, 1.807) is 12.1 Å². The highest BCUT2D eigenvalue weighted by molar-refractivity contribution is 6.17. The standard InChI is InChI=1S/C9H7ClN2O/c1-6(13)9-3-7(4-10)2-8(5-11)12-9/h2-3H,4H2,1H3. The van der Waals surface area contributed by atoms with E-state index in [0.29, 0.717) is 0 Å². The average Bonchev–Trinajstić information content (AvgIpc) is 2.16. The number of pyridine rings is 1. The van der Waals surface area contributed by atoms with Crippen molar-refractivity contribution in [3.05, 3.63) is 29.1 Å². The van der Waals surface area contributed by atoms with Gasteiger partial charge in [0.1, 0.15) is 17.5 Å². The van der Waals surface area contributed by atoms with Crippen LogP contribution in [0.15, 0.2) is 12.1 Å². The molecule has 0 saturated heterocycles. The minimum absolute atomic E-state index is 0.163. The number of alkyl halides is 1. The lowest BCUT2D eigenvalue weighted by molar-refractivity contribution is 0.101. The summed E-state index contributed by atoms with van der Waals surface area (Å²) in [6.45, 7) is 1.40. The molecule has 3 nitrogen and oxygen atoms in total. The second kappa shape index (κ2) is 4.01. The molecule has 1 heterocycles. The fourth-order valence-electron chi connectivity index (χ4n) is 0.902. The Morgan fingerprint density at radius 2 is 2.38 bits per heavy atom. The third-order valence-corrected chi connectivity index (χ3v) is 1.82. The van der Waals surface area contributed by atoms with E-state index >= 15 is 0 Å². The molecule has 0 aliphatic carbocycles. The first-order valence-corrected chi connectivity index (χ1v) is 4.18. The van der Waals surface area contributed by atoms with Gasteiger partial charge >= 0.3 is 0 Å². The van der Waals surface area contributed by atoms with Crippen molar-refractivity contribution in [3.63, 3.8) is 0 Å². The number of ketones is 1. The van der Waals surface area contributed by atoms with E-state index in [2.05, 4.69) is 4.98 Å². The van der Waals surface area contributed by atoms with Crippen molar-refractivity contribution in [2.45, 2.75) is 12.8 Å². The lowest BCUT2D eigenvalue weighted by atomic mass is 10.2. The van der Waals surface area contributed by atoms with Gasteiger partial charge in [0.15, 0.2) is 5.78 Å². The van der Waals surface area contributed by atoms with E-state index < -0.39 is 0 Å². The average molecular weight is 195 g/mol. The number of hydrogen-bond donors (Lipinski definition) is 0. The Morgan fingerprint density at radius 3 is 2.85 bits per heavy atom. The van der Waals surface area contributed by atoms with Crippen molar-refractivity contribution < 1.29 is 4.79 Å². The summed E-state index contributed by atoms with van der Waals surface area (Å²) in [4.78, 5) is 14.8. The molecule has 1 aromatic rings. The van der Waals surface area contributed by atoms with Crippen LogP contribution in [0.1, 0.15) is 28.7 Å². The molecular weight excluding hydrogens is 188 g/mol. The molecule has 0 radical (unpaired) electrons. The molecule has 1 aromatic heterocycles. The molecule has 1 rings (SSSR count). The van der Waals surface area contributed by atoms with Crippen LogP contribution in [-0.4, -0.2) is 10.8 Å². The predicted octanol–water partition coefficient (Wildman–Crippen LogP) is 1.89. The van der Waals surface area contributed by atoms with Crippen LogP contribution in [0, 0.1) is 11.3 Å². The van der Waals surface area contributed by atoms with Crippen molar-refractivity contribution in [2.75, 3.05) is 0 Å². The van der Waals surface area contributed by atoms with Gasteiger partial charge < -0.3 is 0 Å². The molecule has 0 N–H and O–H groups in total. The van der Waals surface area contributed by atoms with Gasteiger partial charge in [0.2, 0.25) is 0 Å². The quantitative estimate of drug-likeness (QED) is 0.534. The molecule has 13 heavy (non-hydrogen) atoms. The molecule has 0 aromatic carbocycles. The summed E-state index contributed by atoms with van der Waals surface area (Å²) in [5, 5.41) is 8.60. The minimum Gasteiger partial charge on any atom is -0.293 e. The van der Waals surface area contributed by atoms with Crippen LogP contribution >= 0.6 is 11.6 Å². The second-order valence-corrected chi connectivity index (χ2v) is 2.81. The lowest BCUT2D eigenvalue weighted by Crippen LogP contribution is -2.00. The number of carbonyl (C=O) groups is 1. The number of halogens is 1. The summed E-state index contributed by atoms with van der Waals surface area (Å²) in [6, 6.07) is 5.04. The maximum absolute atomic E-state index is 11.0. The monoisotopic (exact) mass is 194 g/mol. The van der Waals surface area contributed by atoms with Crippen LogP contribution in [0.5, 0.6) is 0 Å². The van der Waals surface area contributed by atoms with E-state index in [4.69, 9.17) is 16.9 Å². The number of nitriles is 1. The zero-order valence-electron chi connectivity index (χ0n) is 7.04. The Balaban J connectivity index is 3.24.